The van der Waals surface area contributed by atoms with Crippen molar-refractivity contribution in [1.29, 1.82) is 0 Å². The molecule has 1 aliphatic rings. The molecule has 0 spiro atoms. The van der Waals surface area contributed by atoms with Crippen molar-refractivity contribution in [1.82, 2.24) is 5.32 Å². The monoisotopic (exact) mass is 175 g/mol. The largest absolute Gasteiger partial charge is 0.312 e. The number of alkyl halides is 1. The van der Waals surface area contributed by atoms with E-state index in [0.29, 0.717) is 5.38 Å². The van der Waals surface area contributed by atoms with Crippen LogP contribution in [0.25, 0.3) is 0 Å². The molecule has 1 fully saturated rings. The van der Waals surface area contributed by atoms with Gasteiger partial charge in [-0.15, -0.1) is 11.6 Å². The van der Waals surface area contributed by atoms with Crippen LogP contribution < -0.4 is 5.32 Å². The van der Waals surface area contributed by atoms with Gasteiger partial charge in [-0.05, 0) is 18.8 Å². The Morgan fingerprint density at radius 1 is 1.55 bits per heavy atom. The van der Waals surface area contributed by atoms with E-state index in [4.69, 9.17) is 11.6 Å². The fourth-order valence-corrected chi connectivity index (χ4v) is 1.83. The fraction of sp³-hybridized carbons (Fsp3) is 1.00. The molecule has 1 saturated heterocycles. The second-order valence-corrected chi connectivity index (χ2v) is 4.19. The Bertz CT molecular complexity index is 108. The normalized spacial score (nSPS) is 35.2. The van der Waals surface area contributed by atoms with Crippen molar-refractivity contribution < 1.29 is 0 Å². The Labute approximate surface area is 74.5 Å². The molecular formula is C9H18ClN. The highest BCUT2D eigenvalue weighted by atomic mass is 35.5. The molecule has 1 rings (SSSR count). The molecule has 1 N–H and O–H groups in total. The zero-order valence-electron chi connectivity index (χ0n) is 7.44. The van der Waals surface area contributed by atoms with Gasteiger partial charge in [-0.1, -0.05) is 20.3 Å². The van der Waals surface area contributed by atoms with Crippen molar-refractivity contribution in [3.05, 3.63) is 0 Å². The maximum Gasteiger partial charge on any atom is 0.0461 e. The summed E-state index contributed by atoms with van der Waals surface area (Å²) in [4.78, 5) is 0. The Morgan fingerprint density at radius 2 is 2.27 bits per heavy atom. The SMILES string of the molecule is CCC(C)C1CCC(Cl)CN1. The van der Waals surface area contributed by atoms with Crippen LogP contribution in [0.1, 0.15) is 33.1 Å². The molecule has 0 radical (unpaired) electrons. The smallest absolute Gasteiger partial charge is 0.0461 e. The van der Waals surface area contributed by atoms with Gasteiger partial charge < -0.3 is 5.32 Å². The molecule has 2 heteroatoms. The summed E-state index contributed by atoms with van der Waals surface area (Å²) < 4.78 is 0. The topological polar surface area (TPSA) is 12.0 Å². The van der Waals surface area contributed by atoms with Gasteiger partial charge in [0.1, 0.15) is 0 Å². The van der Waals surface area contributed by atoms with E-state index in [0.717, 1.165) is 18.5 Å². The van der Waals surface area contributed by atoms with Gasteiger partial charge in [0.2, 0.25) is 0 Å². The van der Waals surface area contributed by atoms with Gasteiger partial charge in [0.05, 0.1) is 0 Å². The summed E-state index contributed by atoms with van der Waals surface area (Å²) in [6.45, 7) is 5.56. The maximum absolute atomic E-state index is 5.97. The van der Waals surface area contributed by atoms with Crippen molar-refractivity contribution in [2.45, 2.75) is 44.5 Å². The van der Waals surface area contributed by atoms with Crippen molar-refractivity contribution in [3.8, 4) is 0 Å². The zero-order valence-corrected chi connectivity index (χ0v) is 8.19. The Morgan fingerprint density at radius 3 is 2.73 bits per heavy atom. The first-order chi connectivity index (χ1) is 5.24. The van der Waals surface area contributed by atoms with Crippen LogP contribution in [0.4, 0.5) is 0 Å². The molecule has 1 heterocycles. The van der Waals surface area contributed by atoms with Crippen molar-refractivity contribution in [3.63, 3.8) is 0 Å². The van der Waals surface area contributed by atoms with Gasteiger partial charge in [-0.3, -0.25) is 0 Å². The van der Waals surface area contributed by atoms with Crippen molar-refractivity contribution in [2.24, 2.45) is 5.92 Å². The summed E-state index contributed by atoms with van der Waals surface area (Å²) in [5, 5.41) is 3.86. The lowest BCUT2D eigenvalue weighted by Gasteiger charge is -2.30. The van der Waals surface area contributed by atoms with Crippen LogP contribution in [-0.2, 0) is 0 Å². The average molecular weight is 176 g/mol. The minimum atomic E-state index is 0.371. The van der Waals surface area contributed by atoms with E-state index >= 15 is 0 Å². The molecule has 0 amide bonds. The number of hydrogen-bond acceptors (Lipinski definition) is 1. The van der Waals surface area contributed by atoms with Crippen molar-refractivity contribution in [2.75, 3.05) is 6.54 Å². The van der Waals surface area contributed by atoms with Gasteiger partial charge in [-0.25, -0.2) is 0 Å². The summed E-state index contributed by atoms with van der Waals surface area (Å²) in [7, 11) is 0. The quantitative estimate of drug-likeness (QED) is 0.636. The van der Waals surface area contributed by atoms with Gasteiger partial charge in [0.25, 0.3) is 0 Å². The van der Waals surface area contributed by atoms with E-state index in [-0.39, 0.29) is 0 Å². The highest BCUT2D eigenvalue weighted by molar-refractivity contribution is 6.20. The number of piperidine rings is 1. The van der Waals surface area contributed by atoms with E-state index in [1.165, 1.54) is 19.3 Å². The Hall–Kier alpha value is 0.250. The van der Waals surface area contributed by atoms with Gasteiger partial charge >= 0.3 is 0 Å². The first-order valence-corrected chi connectivity index (χ1v) is 5.05. The fourth-order valence-electron chi connectivity index (χ4n) is 1.61. The summed E-state index contributed by atoms with van der Waals surface area (Å²) in [6, 6.07) is 0.718. The first-order valence-electron chi connectivity index (χ1n) is 4.61. The second kappa shape index (κ2) is 4.32. The molecule has 0 aromatic carbocycles. The molecule has 0 aromatic rings. The number of halogens is 1. The third kappa shape index (κ3) is 2.64. The molecule has 1 aliphatic heterocycles. The van der Waals surface area contributed by atoms with E-state index in [1.807, 2.05) is 0 Å². The zero-order chi connectivity index (χ0) is 8.27. The predicted octanol–water partition coefficient (Wildman–Crippen LogP) is 2.39. The summed E-state index contributed by atoms with van der Waals surface area (Å²) in [5.74, 6) is 0.805. The van der Waals surface area contributed by atoms with Gasteiger partial charge in [0.15, 0.2) is 0 Å². The molecule has 11 heavy (non-hydrogen) atoms. The third-order valence-corrected chi connectivity index (χ3v) is 3.10. The lowest BCUT2D eigenvalue weighted by molar-refractivity contribution is 0.307. The van der Waals surface area contributed by atoms with E-state index in [1.54, 1.807) is 0 Å². The molecule has 3 unspecified atom stereocenters. The van der Waals surface area contributed by atoms with Crippen LogP contribution in [0.15, 0.2) is 0 Å². The average Bonchev–Trinajstić information content (AvgIpc) is 2.05. The standard InChI is InChI=1S/C9H18ClN/c1-3-7(2)9-5-4-8(10)6-11-9/h7-9,11H,3-6H2,1-2H3. The molecule has 3 atom stereocenters. The summed E-state index contributed by atoms with van der Waals surface area (Å²) >= 11 is 5.97. The lowest BCUT2D eigenvalue weighted by Crippen LogP contribution is -2.43. The summed E-state index contributed by atoms with van der Waals surface area (Å²) in [5.41, 5.74) is 0. The number of nitrogens with one attached hydrogen (secondary N) is 1. The predicted molar refractivity (Wildman–Crippen MR) is 50.1 cm³/mol. The molecule has 0 saturated carbocycles. The van der Waals surface area contributed by atoms with Crippen LogP contribution in [0.2, 0.25) is 0 Å². The minimum Gasteiger partial charge on any atom is -0.312 e. The second-order valence-electron chi connectivity index (χ2n) is 3.57. The molecule has 0 aliphatic carbocycles. The highest BCUT2D eigenvalue weighted by Crippen LogP contribution is 2.19. The summed E-state index contributed by atoms with van der Waals surface area (Å²) in [6.07, 6.45) is 3.71. The Kier molecular flexibility index (Phi) is 3.67. The van der Waals surface area contributed by atoms with Crippen LogP contribution in [-0.4, -0.2) is 18.0 Å². The lowest BCUT2D eigenvalue weighted by atomic mass is 9.92. The van der Waals surface area contributed by atoms with Crippen LogP contribution >= 0.6 is 11.6 Å². The molecule has 0 aromatic heterocycles. The van der Waals surface area contributed by atoms with Gasteiger partial charge in [0, 0.05) is 18.0 Å². The third-order valence-electron chi connectivity index (χ3n) is 2.72. The molecule has 0 bridgehead atoms. The molecule has 66 valence electrons. The van der Waals surface area contributed by atoms with Crippen LogP contribution in [0, 0.1) is 5.92 Å². The molecule has 1 nitrogen and oxygen atoms in total. The van der Waals surface area contributed by atoms with Gasteiger partial charge in [-0.2, -0.15) is 0 Å². The minimum absolute atomic E-state index is 0.371. The van der Waals surface area contributed by atoms with Crippen LogP contribution in [0.3, 0.4) is 0 Å². The van der Waals surface area contributed by atoms with Crippen LogP contribution in [0.5, 0.6) is 0 Å². The number of hydrogen-bond donors (Lipinski definition) is 1. The van der Waals surface area contributed by atoms with E-state index in [2.05, 4.69) is 19.2 Å². The highest BCUT2D eigenvalue weighted by Gasteiger charge is 2.21. The number of rotatable bonds is 2. The van der Waals surface area contributed by atoms with Crippen molar-refractivity contribution >= 4 is 11.6 Å². The first kappa shape index (κ1) is 9.34. The van der Waals surface area contributed by atoms with E-state index in [9.17, 15) is 0 Å². The Balaban J connectivity index is 2.27. The van der Waals surface area contributed by atoms with E-state index < -0.39 is 0 Å². The molecular weight excluding hydrogens is 158 g/mol. The maximum atomic E-state index is 5.97.